The molecule has 4 N–H and O–H groups in total. The van der Waals surface area contributed by atoms with Gasteiger partial charge in [0.15, 0.2) is 0 Å². The monoisotopic (exact) mass is 323 g/mol. The first-order valence-corrected chi connectivity index (χ1v) is 7.14. The van der Waals surface area contributed by atoms with E-state index in [1.54, 1.807) is 0 Å². The lowest BCUT2D eigenvalue weighted by molar-refractivity contribution is 0.164. The highest BCUT2D eigenvalue weighted by Crippen LogP contribution is 2.13. The number of aliphatic hydroxyl groups is 1. The van der Waals surface area contributed by atoms with Crippen LogP contribution in [0, 0.1) is 0 Å². The summed E-state index contributed by atoms with van der Waals surface area (Å²) in [5.74, 6) is 0. The smallest absolute Gasteiger partial charge is 0.242 e. The summed E-state index contributed by atoms with van der Waals surface area (Å²) in [5.41, 5.74) is 5.53. The lowest BCUT2D eigenvalue weighted by Gasteiger charge is -2.15. The second-order valence-electron chi connectivity index (χ2n) is 3.60. The summed E-state index contributed by atoms with van der Waals surface area (Å²) in [6.45, 7) is 1.46. The summed E-state index contributed by atoms with van der Waals surface area (Å²) in [7, 11) is -3.64. The molecular weight excluding hydrogens is 310 g/mol. The van der Waals surface area contributed by atoms with Crippen LogP contribution in [0.25, 0.3) is 0 Å². The van der Waals surface area contributed by atoms with E-state index in [1.807, 2.05) is 0 Å². The molecule has 6 nitrogen and oxygen atoms in total. The zero-order valence-electron chi connectivity index (χ0n) is 9.17. The van der Waals surface area contributed by atoms with E-state index < -0.39 is 22.2 Å². The number of nitrogens with two attached hydrogens (primary N) is 1. The molecule has 0 spiro atoms. The first kappa shape index (κ1) is 14.5. The third-order valence-electron chi connectivity index (χ3n) is 2.12. The largest absolute Gasteiger partial charge is 0.392 e. The molecule has 17 heavy (non-hydrogen) atoms. The van der Waals surface area contributed by atoms with Crippen molar-refractivity contribution in [2.45, 2.75) is 24.0 Å². The van der Waals surface area contributed by atoms with E-state index in [0.29, 0.717) is 4.47 Å². The minimum absolute atomic E-state index is 0.0352. The third kappa shape index (κ3) is 4.32. The molecule has 1 heterocycles. The van der Waals surface area contributed by atoms with Crippen molar-refractivity contribution in [1.82, 2.24) is 9.71 Å². The van der Waals surface area contributed by atoms with Gasteiger partial charge in [0.1, 0.15) is 4.90 Å². The first-order valence-electron chi connectivity index (χ1n) is 4.87. The Morgan fingerprint density at radius 3 is 2.76 bits per heavy atom. The molecule has 0 amide bonds. The highest BCUT2D eigenvalue weighted by Gasteiger charge is 2.17. The molecule has 2 unspecified atom stereocenters. The Labute approximate surface area is 108 Å². The van der Waals surface area contributed by atoms with Gasteiger partial charge in [-0.1, -0.05) is 0 Å². The minimum atomic E-state index is -3.64. The number of hydrogen-bond donors (Lipinski definition) is 3. The first-order chi connectivity index (χ1) is 7.83. The van der Waals surface area contributed by atoms with E-state index in [4.69, 9.17) is 10.8 Å². The average Bonchev–Trinajstić information content (AvgIpc) is 2.26. The topological polar surface area (TPSA) is 105 Å². The molecule has 0 fully saturated rings. The Morgan fingerprint density at radius 2 is 2.24 bits per heavy atom. The molecule has 0 aliphatic rings. The number of rotatable bonds is 5. The van der Waals surface area contributed by atoms with Gasteiger partial charge in [-0.3, -0.25) is 4.98 Å². The molecular formula is C9H14BrN3O3S. The molecule has 8 heteroatoms. The highest BCUT2D eigenvalue weighted by molar-refractivity contribution is 9.10. The molecule has 1 aromatic heterocycles. The maximum absolute atomic E-state index is 11.8. The van der Waals surface area contributed by atoms with Gasteiger partial charge in [-0.2, -0.15) is 0 Å². The Balaban J connectivity index is 2.76. The lowest BCUT2D eigenvalue weighted by Crippen LogP contribution is -2.43. The Hall–Kier alpha value is -0.540. The average molecular weight is 324 g/mol. The van der Waals surface area contributed by atoms with Crippen molar-refractivity contribution in [2.24, 2.45) is 5.73 Å². The standard InChI is InChI=1S/C9H14BrN3O3S/c1-6(14)9(11)5-13-17(15,16)8-2-7(10)3-12-4-8/h2-4,6,9,13-14H,5,11H2,1H3. The predicted octanol–water partition coefficient (Wildman–Crippen LogP) is -0.169. The van der Waals surface area contributed by atoms with Crippen LogP contribution in [0.4, 0.5) is 0 Å². The van der Waals surface area contributed by atoms with Gasteiger partial charge in [0, 0.05) is 29.5 Å². The lowest BCUT2D eigenvalue weighted by atomic mass is 10.2. The minimum Gasteiger partial charge on any atom is -0.392 e. The van der Waals surface area contributed by atoms with E-state index in [9.17, 15) is 8.42 Å². The molecule has 1 aromatic rings. The van der Waals surface area contributed by atoms with Gasteiger partial charge in [-0.25, -0.2) is 13.1 Å². The molecule has 1 rings (SSSR count). The number of hydrogen-bond acceptors (Lipinski definition) is 5. The van der Waals surface area contributed by atoms with Crippen LogP contribution in [-0.2, 0) is 10.0 Å². The number of nitrogens with zero attached hydrogens (tertiary/aromatic N) is 1. The second kappa shape index (κ2) is 5.87. The van der Waals surface area contributed by atoms with Crippen LogP contribution < -0.4 is 10.5 Å². The Morgan fingerprint density at radius 1 is 1.59 bits per heavy atom. The van der Waals surface area contributed by atoms with E-state index in [0.717, 1.165) is 0 Å². The molecule has 0 aromatic carbocycles. The summed E-state index contributed by atoms with van der Waals surface area (Å²) in [6.07, 6.45) is 1.94. The van der Waals surface area contributed by atoms with E-state index in [-0.39, 0.29) is 11.4 Å². The summed E-state index contributed by atoms with van der Waals surface area (Å²) >= 11 is 3.14. The number of aromatic nitrogens is 1. The number of halogens is 1. The zero-order chi connectivity index (χ0) is 13.1. The van der Waals surface area contributed by atoms with Crippen LogP contribution in [0.3, 0.4) is 0 Å². The van der Waals surface area contributed by atoms with Crippen molar-refractivity contribution in [3.63, 3.8) is 0 Å². The third-order valence-corrected chi connectivity index (χ3v) is 3.94. The maximum Gasteiger partial charge on any atom is 0.242 e. The van der Waals surface area contributed by atoms with Crippen LogP contribution in [0.5, 0.6) is 0 Å². The fourth-order valence-electron chi connectivity index (χ4n) is 0.999. The van der Waals surface area contributed by atoms with Crippen LogP contribution in [0.2, 0.25) is 0 Å². The number of aliphatic hydroxyl groups excluding tert-OH is 1. The van der Waals surface area contributed by atoms with Crippen molar-refractivity contribution in [1.29, 1.82) is 0 Å². The van der Waals surface area contributed by atoms with Crippen molar-refractivity contribution < 1.29 is 13.5 Å². The second-order valence-corrected chi connectivity index (χ2v) is 6.28. The van der Waals surface area contributed by atoms with Crippen molar-refractivity contribution in [3.05, 3.63) is 22.9 Å². The molecule has 0 aliphatic heterocycles. The Bertz CT molecular complexity index is 478. The molecule has 96 valence electrons. The van der Waals surface area contributed by atoms with Crippen LogP contribution in [0.1, 0.15) is 6.92 Å². The normalized spacial score (nSPS) is 15.5. The summed E-state index contributed by atoms with van der Waals surface area (Å²) in [4.78, 5) is 3.81. The highest BCUT2D eigenvalue weighted by atomic mass is 79.9. The van der Waals surface area contributed by atoms with Gasteiger partial charge in [0.2, 0.25) is 10.0 Å². The van der Waals surface area contributed by atoms with Crippen molar-refractivity contribution in [3.8, 4) is 0 Å². The molecule has 0 radical (unpaired) electrons. The fraction of sp³-hybridized carbons (Fsp3) is 0.444. The van der Waals surface area contributed by atoms with Crippen LogP contribution in [0.15, 0.2) is 27.8 Å². The van der Waals surface area contributed by atoms with Gasteiger partial charge in [-0.15, -0.1) is 0 Å². The number of pyridine rings is 1. The van der Waals surface area contributed by atoms with E-state index in [2.05, 4.69) is 25.6 Å². The SMILES string of the molecule is CC(O)C(N)CNS(=O)(=O)c1cncc(Br)c1. The van der Waals surface area contributed by atoms with Gasteiger partial charge >= 0.3 is 0 Å². The van der Waals surface area contributed by atoms with Gasteiger partial charge in [0.05, 0.1) is 6.10 Å². The molecule has 0 bridgehead atoms. The summed E-state index contributed by atoms with van der Waals surface area (Å²) in [5, 5.41) is 9.15. The number of sulfonamides is 1. The fourth-order valence-corrected chi connectivity index (χ4v) is 2.58. The molecule has 0 aliphatic carbocycles. The molecule has 0 saturated heterocycles. The van der Waals surface area contributed by atoms with Crippen molar-refractivity contribution >= 4 is 26.0 Å². The molecule has 2 atom stereocenters. The predicted molar refractivity (Wildman–Crippen MR) is 66.8 cm³/mol. The van der Waals surface area contributed by atoms with Gasteiger partial charge in [0.25, 0.3) is 0 Å². The number of nitrogens with one attached hydrogen (secondary N) is 1. The maximum atomic E-state index is 11.8. The van der Waals surface area contributed by atoms with E-state index >= 15 is 0 Å². The van der Waals surface area contributed by atoms with Crippen LogP contribution in [-0.4, -0.2) is 37.2 Å². The summed E-state index contributed by atoms with van der Waals surface area (Å²) < 4.78 is 26.5. The van der Waals surface area contributed by atoms with Crippen LogP contribution >= 0.6 is 15.9 Å². The zero-order valence-corrected chi connectivity index (χ0v) is 11.6. The van der Waals surface area contributed by atoms with E-state index in [1.165, 1.54) is 25.4 Å². The quantitative estimate of drug-likeness (QED) is 0.697. The van der Waals surface area contributed by atoms with Gasteiger partial charge < -0.3 is 10.8 Å². The summed E-state index contributed by atoms with van der Waals surface area (Å²) in [6, 6.07) is 0.786. The van der Waals surface area contributed by atoms with Crippen molar-refractivity contribution in [2.75, 3.05) is 6.54 Å². The van der Waals surface area contributed by atoms with Gasteiger partial charge in [-0.05, 0) is 28.9 Å². The molecule has 0 saturated carbocycles. The Kier molecular flexibility index (Phi) is 5.02.